The number of nitrogens with one attached hydrogen (secondary N) is 2. The second kappa shape index (κ2) is 10.3. The molecule has 1 aliphatic heterocycles. The van der Waals surface area contributed by atoms with Gasteiger partial charge in [-0.05, 0) is 24.1 Å². The SMILES string of the molecule is Cl.Cl.O=C(NCc1ccc(Oc2cccc(F)c2)nc1)C1CC(O)CN1. The fraction of sp³-hybridized carbons (Fsp3) is 0.294. The summed E-state index contributed by atoms with van der Waals surface area (Å²) in [7, 11) is 0. The van der Waals surface area contributed by atoms with Gasteiger partial charge < -0.3 is 20.5 Å². The molecular formula is C17H20Cl2FN3O3. The van der Waals surface area contributed by atoms with Crippen LogP contribution >= 0.6 is 24.8 Å². The topological polar surface area (TPSA) is 83.5 Å². The van der Waals surface area contributed by atoms with Crippen molar-refractivity contribution in [3.8, 4) is 11.6 Å². The zero-order valence-corrected chi connectivity index (χ0v) is 15.4. The number of β-amino-alcohol motifs (C(OH)–C–C–N with tert-alkyl or cyclic N) is 1. The zero-order valence-electron chi connectivity index (χ0n) is 13.7. The molecule has 2 aromatic rings. The molecule has 0 spiro atoms. The molecule has 1 aromatic heterocycles. The Morgan fingerprint density at radius 3 is 2.77 bits per heavy atom. The summed E-state index contributed by atoms with van der Waals surface area (Å²) in [5.74, 6) is 0.190. The van der Waals surface area contributed by atoms with Crippen LogP contribution in [0.4, 0.5) is 4.39 Å². The van der Waals surface area contributed by atoms with E-state index >= 15 is 0 Å². The number of carbonyl (C=O) groups is 1. The van der Waals surface area contributed by atoms with Gasteiger partial charge >= 0.3 is 0 Å². The monoisotopic (exact) mass is 403 g/mol. The summed E-state index contributed by atoms with van der Waals surface area (Å²) in [5.41, 5.74) is 0.813. The largest absolute Gasteiger partial charge is 0.439 e. The summed E-state index contributed by atoms with van der Waals surface area (Å²) in [5, 5.41) is 15.2. The van der Waals surface area contributed by atoms with Crippen molar-refractivity contribution in [1.82, 2.24) is 15.6 Å². The number of rotatable bonds is 5. The lowest BCUT2D eigenvalue weighted by Crippen LogP contribution is -2.40. The quantitative estimate of drug-likeness (QED) is 0.712. The van der Waals surface area contributed by atoms with E-state index in [-0.39, 0.29) is 42.6 Å². The predicted octanol–water partition coefficient (Wildman–Crippen LogP) is 2.20. The molecule has 0 saturated carbocycles. The number of hydrogen-bond acceptors (Lipinski definition) is 5. The maximum atomic E-state index is 13.1. The number of nitrogens with zero attached hydrogens (tertiary/aromatic N) is 1. The van der Waals surface area contributed by atoms with Gasteiger partial charge in [0.2, 0.25) is 11.8 Å². The van der Waals surface area contributed by atoms with Gasteiger partial charge in [0.15, 0.2) is 0 Å². The van der Waals surface area contributed by atoms with Crippen LogP contribution in [0.1, 0.15) is 12.0 Å². The molecule has 2 heterocycles. The minimum Gasteiger partial charge on any atom is -0.439 e. The molecule has 2 atom stereocenters. The highest BCUT2D eigenvalue weighted by Crippen LogP contribution is 2.20. The predicted molar refractivity (Wildman–Crippen MR) is 99.5 cm³/mol. The number of pyridine rings is 1. The number of halogens is 3. The van der Waals surface area contributed by atoms with E-state index < -0.39 is 6.10 Å². The highest BCUT2D eigenvalue weighted by atomic mass is 35.5. The van der Waals surface area contributed by atoms with Crippen molar-refractivity contribution >= 4 is 30.7 Å². The van der Waals surface area contributed by atoms with Crippen molar-refractivity contribution in [2.45, 2.75) is 25.1 Å². The molecule has 0 bridgehead atoms. The fourth-order valence-electron chi connectivity index (χ4n) is 2.46. The minimum atomic E-state index is -0.471. The van der Waals surface area contributed by atoms with E-state index in [2.05, 4.69) is 15.6 Å². The summed E-state index contributed by atoms with van der Waals surface area (Å²) in [4.78, 5) is 16.1. The number of ether oxygens (including phenoxy) is 1. The normalized spacial score (nSPS) is 18.4. The van der Waals surface area contributed by atoms with E-state index in [1.807, 2.05) is 0 Å². The maximum Gasteiger partial charge on any atom is 0.237 e. The van der Waals surface area contributed by atoms with Crippen molar-refractivity contribution in [3.05, 3.63) is 54.0 Å². The summed E-state index contributed by atoms with van der Waals surface area (Å²) in [6.07, 6.45) is 1.54. The molecule has 1 aliphatic rings. The molecule has 1 saturated heterocycles. The highest BCUT2D eigenvalue weighted by molar-refractivity contribution is 5.85. The van der Waals surface area contributed by atoms with Crippen LogP contribution < -0.4 is 15.4 Å². The Balaban J connectivity index is 0.00000169. The third kappa shape index (κ3) is 6.10. The molecule has 9 heteroatoms. The molecule has 3 N–H and O–H groups in total. The van der Waals surface area contributed by atoms with Gasteiger partial charge in [-0.3, -0.25) is 4.79 Å². The van der Waals surface area contributed by atoms with E-state index in [9.17, 15) is 14.3 Å². The van der Waals surface area contributed by atoms with E-state index in [0.29, 0.717) is 31.1 Å². The molecule has 26 heavy (non-hydrogen) atoms. The van der Waals surface area contributed by atoms with Crippen molar-refractivity contribution < 1.29 is 19.0 Å². The molecule has 1 amide bonds. The van der Waals surface area contributed by atoms with Crippen molar-refractivity contribution in [3.63, 3.8) is 0 Å². The average molecular weight is 404 g/mol. The van der Waals surface area contributed by atoms with Crippen LogP contribution in [0.15, 0.2) is 42.6 Å². The first-order chi connectivity index (χ1) is 11.6. The van der Waals surface area contributed by atoms with E-state index in [0.717, 1.165) is 5.56 Å². The molecule has 0 aliphatic carbocycles. The summed E-state index contributed by atoms with van der Waals surface area (Å²) >= 11 is 0. The Morgan fingerprint density at radius 2 is 2.15 bits per heavy atom. The van der Waals surface area contributed by atoms with E-state index in [4.69, 9.17) is 4.74 Å². The molecular weight excluding hydrogens is 384 g/mol. The first kappa shape index (κ1) is 22.1. The first-order valence-electron chi connectivity index (χ1n) is 7.67. The van der Waals surface area contributed by atoms with Crippen LogP contribution in [0.25, 0.3) is 0 Å². The summed E-state index contributed by atoms with van der Waals surface area (Å²) in [6.45, 7) is 0.770. The van der Waals surface area contributed by atoms with Crippen molar-refractivity contribution in [1.29, 1.82) is 0 Å². The van der Waals surface area contributed by atoms with Gasteiger partial charge in [-0.25, -0.2) is 9.37 Å². The van der Waals surface area contributed by atoms with Crippen LogP contribution in [0.3, 0.4) is 0 Å². The van der Waals surface area contributed by atoms with Crippen LogP contribution in [-0.4, -0.2) is 34.7 Å². The minimum absolute atomic E-state index is 0. The second-order valence-corrected chi connectivity index (χ2v) is 5.63. The third-order valence-electron chi connectivity index (χ3n) is 3.71. The molecule has 1 aromatic carbocycles. The first-order valence-corrected chi connectivity index (χ1v) is 7.67. The zero-order chi connectivity index (χ0) is 16.9. The Hall–Kier alpha value is -1.93. The van der Waals surface area contributed by atoms with Crippen LogP contribution in [-0.2, 0) is 11.3 Å². The Kier molecular flexibility index (Phi) is 8.74. The Labute approximate surface area is 163 Å². The van der Waals surface area contributed by atoms with Crippen LogP contribution in [0.5, 0.6) is 11.6 Å². The molecule has 6 nitrogen and oxygen atoms in total. The van der Waals surface area contributed by atoms with E-state index in [1.165, 1.54) is 12.1 Å². The third-order valence-corrected chi connectivity index (χ3v) is 3.71. The highest BCUT2D eigenvalue weighted by Gasteiger charge is 2.27. The molecule has 1 fully saturated rings. The van der Waals surface area contributed by atoms with Crippen molar-refractivity contribution in [2.24, 2.45) is 0 Å². The van der Waals surface area contributed by atoms with Crippen LogP contribution in [0.2, 0.25) is 0 Å². The van der Waals surface area contributed by atoms with Gasteiger partial charge in [0.05, 0.1) is 12.1 Å². The fourth-order valence-corrected chi connectivity index (χ4v) is 2.46. The van der Waals surface area contributed by atoms with Gasteiger partial charge in [0.25, 0.3) is 0 Å². The van der Waals surface area contributed by atoms with Gasteiger partial charge in [-0.2, -0.15) is 0 Å². The van der Waals surface area contributed by atoms with Gasteiger partial charge in [0.1, 0.15) is 11.6 Å². The lowest BCUT2D eigenvalue weighted by atomic mass is 10.2. The van der Waals surface area contributed by atoms with Gasteiger partial charge in [-0.15, -0.1) is 24.8 Å². The number of hydrogen-bond donors (Lipinski definition) is 3. The second-order valence-electron chi connectivity index (χ2n) is 5.63. The number of aliphatic hydroxyl groups is 1. The number of carbonyl (C=O) groups excluding carboxylic acids is 1. The van der Waals surface area contributed by atoms with E-state index in [1.54, 1.807) is 30.5 Å². The number of benzene rings is 1. The maximum absolute atomic E-state index is 13.1. The summed E-state index contributed by atoms with van der Waals surface area (Å²) < 4.78 is 18.6. The average Bonchev–Trinajstić information content (AvgIpc) is 3.01. The lowest BCUT2D eigenvalue weighted by Gasteiger charge is -2.11. The smallest absolute Gasteiger partial charge is 0.237 e. The number of aromatic nitrogens is 1. The lowest BCUT2D eigenvalue weighted by molar-refractivity contribution is -0.123. The Morgan fingerprint density at radius 1 is 1.35 bits per heavy atom. The molecule has 2 unspecified atom stereocenters. The number of aliphatic hydroxyl groups excluding tert-OH is 1. The molecule has 0 radical (unpaired) electrons. The molecule has 142 valence electrons. The van der Waals surface area contributed by atoms with Gasteiger partial charge in [-0.1, -0.05) is 12.1 Å². The van der Waals surface area contributed by atoms with Gasteiger partial charge in [0, 0.05) is 31.4 Å². The number of amides is 1. The molecule has 3 rings (SSSR count). The summed E-state index contributed by atoms with van der Waals surface area (Å²) in [6, 6.07) is 8.89. The Bertz CT molecular complexity index is 719. The van der Waals surface area contributed by atoms with Crippen molar-refractivity contribution in [2.75, 3.05) is 6.54 Å². The standard InChI is InChI=1S/C17H18FN3O3.2ClH/c18-12-2-1-3-14(6-12)24-16-5-4-11(8-20-16)9-21-17(23)15-7-13(22)10-19-15;;/h1-6,8,13,15,19,22H,7,9-10H2,(H,21,23);2*1H. The van der Waals surface area contributed by atoms with Crippen LogP contribution in [0, 0.1) is 5.82 Å².